The molecule has 0 fully saturated rings. The predicted octanol–water partition coefficient (Wildman–Crippen LogP) is 6.96. The second-order valence-corrected chi connectivity index (χ2v) is 7.95. The largest absolute Gasteiger partial charge is 0.418 e. The van der Waals surface area contributed by atoms with Gasteiger partial charge in [0.25, 0.3) is 5.91 Å². The van der Waals surface area contributed by atoms with E-state index >= 15 is 0 Å². The number of carbonyl (C=O) groups excluding carboxylic acids is 1. The van der Waals surface area contributed by atoms with Crippen molar-refractivity contribution >= 4 is 11.6 Å². The summed E-state index contributed by atoms with van der Waals surface area (Å²) < 4.78 is 42.1. The molecule has 0 radical (unpaired) electrons. The number of hydrogen-bond donors (Lipinski definition) is 1. The van der Waals surface area contributed by atoms with Crippen LogP contribution in [0.15, 0.2) is 84.9 Å². The smallest absolute Gasteiger partial charge is 0.322 e. The molecule has 0 bridgehead atoms. The molecule has 0 saturated carbocycles. The highest BCUT2D eigenvalue weighted by Crippen LogP contribution is 2.35. The number of rotatable bonds is 5. The first kappa shape index (κ1) is 22.4. The van der Waals surface area contributed by atoms with Crippen LogP contribution in [-0.4, -0.2) is 10.5 Å². The Labute approximate surface area is 190 Å². The summed E-state index contributed by atoms with van der Waals surface area (Å²) in [6, 6.07) is 24.6. The number of carbonyl (C=O) groups is 1. The molecule has 168 valence electrons. The molecular formula is C27H23F3N2O. The Bertz CT molecular complexity index is 1290. The highest BCUT2D eigenvalue weighted by atomic mass is 19.4. The van der Waals surface area contributed by atoms with Crippen molar-refractivity contribution in [2.45, 2.75) is 26.4 Å². The van der Waals surface area contributed by atoms with E-state index in [-0.39, 0.29) is 11.6 Å². The third-order valence-electron chi connectivity index (χ3n) is 5.56. The van der Waals surface area contributed by atoms with Crippen LogP contribution in [-0.2, 0) is 12.6 Å². The third kappa shape index (κ3) is 4.85. The van der Waals surface area contributed by atoms with E-state index in [1.807, 2.05) is 48.5 Å². The fourth-order valence-corrected chi connectivity index (χ4v) is 4.06. The van der Waals surface area contributed by atoms with E-state index in [0.717, 1.165) is 23.6 Å². The van der Waals surface area contributed by atoms with Gasteiger partial charge in [0.15, 0.2) is 0 Å². The minimum Gasteiger partial charge on any atom is -0.322 e. The van der Waals surface area contributed by atoms with Crippen molar-refractivity contribution in [3.8, 4) is 5.69 Å². The monoisotopic (exact) mass is 448 g/mol. The molecule has 3 aromatic carbocycles. The number of aromatic nitrogens is 1. The molecular weight excluding hydrogens is 425 g/mol. The SMILES string of the molecule is Cc1cc(C(=O)Nc2cccc(Cc3ccccc3)c2)c(C)n1-c1ccccc1C(F)(F)F. The van der Waals surface area contributed by atoms with Gasteiger partial charge in [-0.3, -0.25) is 4.79 Å². The topological polar surface area (TPSA) is 34.0 Å². The lowest BCUT2D eigenvalue weighted by Gasteiger charge is -2.17. The highest BCUT2D eigenvalue weighted by Gasteiger charge is 2.34. The molecule has 6 heteroatoms. The summed E-state index contributed by atoms with van der Waals surface area (Å²) in [5, 5.41) is 2.89. The molecule has 1 heterocycles. The number of anilines is 1. The van der Waals surface area contributed by atoms with Gasteiger partial charge in [0, 0.05) is 17.1 Å². The summed E-state index contributed by atoms with van der Waals surface area (Å²) in [7, 11) is 0. The first-order chi connectivity index (χ1) is 15.7. The number of para-hydroxylation sites is 1. The molecule has 33 heavy (non-hydrogen) atoms. The minimum atomic E-state index is -4.50. The molecule has 0 unspecified atom stereocenters. The molecule has 4 rings (SSSR count). The van der Waals surface area contributed by atoms with Crippen molar-refractivity contribution in [2.75, 3.05) is 5.32 Å². The fraction of sp³-hybridized carbons (Fsp3) is 0.148. The van der Waals surface area contributed by atoms with Gasteiger partial charge in [-0.2, -0.15) is 13.2 Å². The average Bonchev–Trinajstić information content (AvgIpc) is 3.08. The van der Waals surface area contributed by atoms with Gasteiger partial charge in [-0.05, 0) is 61.7 Å². The van der Waals surface area contributed by atoms with E-state index in [9.17, 15) is 18.0 Å². The zero-order valence-corrected chi connectivity index (χ0v) is 18.3. The molecule has 4 aromatic rings. The Morgan fingerprint density at radius 3 is 2.24 bits per heavy atom. The summed E-state index contributed by atoms with van der Waals surface area (Å²) in [5.74, 6) is -0.365. The normalized spacial score (nSPS) is 11.4. The van der Waals surface area contributed by atoms with E-state index in [2.05, 4.69) is 5.32 Å². The summed E-state index contributed by atoms with van der Waals surface area (Å²) >= 11 is 0. The van der Waals surface area contributed by atoms with E-state index in [1.54, 1.807) is 32.0 Å². The van der Waals surface area contributed by atoms with Crippen molar-refractivity contribution in [2.24, 2.45) is 0 Å². The van der Waals surface area contributed by atoms with E-state index in [1.165, 1.54) is 16.7 Å². The van der Waals surface area contributed by atoms with Crippen LogP contribution in [0.2, 0.25) is 0 Å². The van der Waals surface area contributed by atoms with Gasteiger partial charge < -0.3 is 9.88 Å². The number of aryl methyl sites for hydroxylation is 1. The second-order valence-electron chi connectivity index (χ2n) is 7.95. The maximum Gasteiger partial charge on any atom is 0.418 e. The molecule has 0 aliphatic carbocycles. The van der Waals surface area contributed by atoms with Crippen molar-refractivity contribution in [3.63, 3.8) is 0 Å². The number of benzene rings is 3. The van der Waals surface area contributed by atoms with Crippen LogP contribution < -0.4 is 5.32 Å². The van der Waals surface area contributed by atoms with Crippen molar-refractivity contribution in [3.05, 3.63) is 119 Å². The zero-order chi connectivity index (χ0) is 23.6. The van der Waals surface area contributed by atoms with Gasteiger partial charge in [0.2, 0.25) is 0 Å². The second kappa shape index (κ2) is 8.98. The maximum atomic E-state index is 13.6. The van der Waals surface area contributed by atoms with Crippen LogP contribution in [0.25, 0.3) is 5.69 Å². The highest BCUT2D eigenvalue weighted by molar-refractivity contribution is 6.05. The maximum absolute atomic E-state index is 13.6. The van der Waals surface area contributed by atoms with Gasteiger partial charge in [0.05, 0.1) is 16.8 Å². The van der Waals surface area contributed by atoms with E-state index < -0.39 is 11.7 Å². The first-order valence-corrected chi connectivity index (χ1v) is 10.5. The third-order valence-corrected chi connectivity index (χ3v) is 5.56. The van der Waals surface area contributed by atoms with Crippen LogP contribution in [0, 0.1) is 13.8 Å². The zero-order valence-electron chi connectivity index (χ0n) is 18.3. The molecule has 0 aliphatic rings. The molecule has 0 aliphatic heterocycles. The number of amides is 1. The van der Waals surface area contributed by atoms with E-state index in [0.29, 0.717) is 22.6 Å². The van der Waals surface area contributed by atoms with Gasteiger partial charge in [0.1, 0.15) is 0 Å². The molecule has 3 nitrogen and oxygen atoms in total. The van der Waals surface area contributed by atoms with Crippen LogP contribution >= 0.6 is 0 Å². The summed E-state index contributed by atoms with van der Waals surface area (Å²) in [5.41, 5.74) is 3.42. The Kier molecular flexibility index (Phi) is 6.09. The predicted molar refractivity (Wildman–Crippen MR) is 124 cm³/mol. The quantitative estimate of drug-likeness (QED) is 0.352. The van der Waals surface area contributed by atoms with Crippen LogP contribution in [0.3, 0.4) is 0 Å². The first-order valence-electron chi connectivity index (χ1n) is 10.5. The Morgan fingerprint density at radius 2 is 1.52 bits per heavy atom. The Balaban J connectivity index is 1.61. The van der Waals surface area contributed by atoms with Crippen molar-refractivity contribution < 1.29 is 18.0 Å². The van der Waals surface area contributed by atoms with Crippen LogP contribution in [0.1, 0.15) is 38.4 Å². The molecule has 1 amide bonds. The molecule has 1 aromatic heterocycles. The van der Waals surface area contributed by atoms with Crippen LogP contribution in [0.4, 0.5) is 18.9 Å². The van der Waals surface area contributed by atoms with Gasteiger partial charge in [-0.15, -0.1) is 0 Å². The summed E-state index contributed by atoms with van der Waals surface area (Å²) in [6.07, 6.45) is -3.77. The summed E-state index contributed by atoms with van der Waals surface area (Å²) in [6.45, 7) is 3.35. The number of nitrogens with zero attached hydrogens (tertiary/aromatic N) is 1. The summed E-state index contributed by atoms with van der Waals surface area (Å²) in [4.78, 5) is 13.0. The Morgan fingerprint density at radius 1 is 0.848 bits per heavy atom. The number of hydrogen-bond acceptors (Lipinski definition) is 1. The Hall–Kier alpha value is -3.80. The minimum absolute atomic E-state index is 0.00362. The van der Waals surface area contributed by atoms with Crippen LogP contribution in [0.5, 0.6) is 0 Å². The van der Waals surface area contributed by atoms with E-state index in [4.69, 9.17) is 0 Å². The van der Waals surface area contributed by atoms with Gasteiger partial charge in [-0.1, -0.05) is 54.6 Å². The molecule has 0 saturated heterocycles. The fourth-order valence-electron chi connectivity index (χ4n) is 4.06. The molecule has 0 spiro atoms. The van der Waals surface area contributed by atoms with Crippen molar-refractivity contribution in [1.29, 1.82) is 0 Å². The molecule has 0 atom stereocenters. The lowest BCUT2D eigenvalue weighted by atomic mass is 10.0. The van der Waals surface area contributed by atoms with Gasteiger partial charge >= 0.3 is 6.18 Å². The number of halogens is 3. The van der Waals surface area contributed by atoms with Crippen molar-refractivity contribution in [1.82, 2.24) is 4.57 Å². The average molecular weight is 448 g/mol. The number of alkyl halides is 3. The lowest BCUT2D eigenvalue weighted by molar-refractivity contribution is -0.137. The van der Waals surface area contributed by atoms with Gasteiger partial charge in [-0.25, -0.2) is 0 Å². The lowest BCUT2D eigenvalue weighted by Crippen LogP contribution is -2.15. The standard InChI is InChI=1S/C27H23F3N2O/c1-18-15-23(19(2)32(18)25-14-7-6-13-24(25)27(28,29)30)26(33)31-22-12-8-11-21(17-22)16-20-9-4-3-5-10-20/h3-15,17H,16H2,1-2H3,(H,31,33). The number of nitrogens with one attached hydrogen (secondary N) is 1. The molecule has 1 N–H and O–H groups in total.